The Morgan fingerprint density at radius 2 is 1.64 bits per heavy atom. The summed E-state index contributed by atoms with van der Waals surface area (Å²) in [7, 11) is -1.49. The van der Waals surface area contributed by atoms with Gasteiger partial charge in [0.25, 0.3) is 0 Å². The van der Waals surface area contributed by atoms with Crippen LogP contribution in [0.3, 0.4) is 0 Å². The predicted molar refractivity (Wildman–Crippen MR) is 143 cm³/mol. The average molecular weight is 564 g/mol. The van der Waals surface area contributed by atoms with Crippen LogP contribution in [0.1, 0.15) is 37.7 Å². The van der Waals surface area contributed by atoms with Crippen LogP contribution in [0.2, 0.25) is 0 Å². The average Bonchev–Trinajstić information content (AvgIpc) is 2.91. The largest absolute Gasteiger partial charge is 0.495 e. The summed E-state index contributed by atoms with van der Waals surface area (Å²) in [4.78, 5) is 35.9. The van der Waals surface area contributed by atoms with Crippen LogP contribution < -0.4 is 24.4 Å². The molecule has 13 heteroatoms. The van der Waals surface area contributed by atoms with Gasteiger partial charge in [0, 0.05) is 44.2 Å². The number of aliphatic carboxylic acids is 2. The Labute approximate surface area is 227 Å². The molecule has 0 spiro atoms. The Bertz CT molecular complexity index is 1310. The molecule has 1 aliphatic rings. The van der Waals surface area contributed by atoms with Crippen LogP contribution in [0.5, 0.6) is 11.5 Å². The van der Waals surface area contributed by atoms with Crippen LogP contribution in [0.4, 0.5) is 11.4 Å². The number of benzene rings is 2. The van der Waals surface area contributed by atoms with Gasteiger partial charge in [0.2, 0.25) is 15.9 Å². The first kappa shape index (κ1) is 29.7. The van der Waals surface area contributed by atoms with Gasteiger partial charge in [-0.05, 0) is 36.5 Å². The number of carbonyl (C=O) groups excluding carboxylic acids is 1. The Morgan fingerprint density at radius 3 is 2.26 bits per heavy atom. The fourth-order valence-corrected chi connectivity index (χ4v) is 5.64. The minimum Gasteiger partial charge on any atom is -0.495 e. The van der Waals surface area contributed by atoms with Gasteiger partial charge in [0.1, 0.15) is 16.4 Å². The fraction of sp³-hybridized carbons (Fsp3) is 0.423. The first-order valence-corrected chi connectivity index (χ1v) is 13.8. The van der Waals surface area contributed by atoms with Gasteiger partial charge in [-0.3, -0.25) is 14.4 Å². The quantitative estimate of drug-likeness (QED) is 0.284. The molecule has 0 radical (unpaired) electrons. The molecule has 0 bridgehead atoms. The highest BCUT2D eigenvalue weighted by Gasteiger charge is 2.26. The zero-order chi connectivity index (χ0) is 28.6. The second kappa shape index (κ2) is 13.3. The zero-order valence-corrected chi connectivity index (χ0v) is 22.6. The van der Waals surface area contributed by atoms with Gasteiger partial charge in [0.05, 0.1) is 26.3 Å². The van der Waals surface area contributed by atoms with Gasteiger partial charge >= 0.3 is 11.9 Å². The van der Waals surface area contributed by atoms with Gasteiger partial charge in [-0.15, -0.1) is 0 Å². The van der Waals surface area contributed by atoms with Crippen molar-refractivity contribution >= 4 is 39.2 Å². The van der Waals surface area contributed by atoms with E-state index >= 15 is 0 Å². The zero-order valence-electron chi connectivity index (χ0n) is 21.8. The van der Waals surface area contributed by atoms with E-state index in [1.165, 1.54) is 26.4 Å². The van der Waals surface area contributed by atoms with Crippen molar-refractivity contribution in [3.63, 3.8) is 0 Å². The molecule has 1 saturated heterocycles. The molecule has 1 amide bonds. The van der Waals surface area contributed by atoms with E-state index in [0.717, 1.165) is 24.1 Å². The Kier molecular flexibility index (Phi) is 10.1. The molecule has 0 aliphatic carbocycles. The molecule has 0 unspecified atom stereocenters. The van der Waals surface area contributed by atoms with Crippen LogP contribution in [0.25, 0.3) is 0 Å². The number of piperidine rings is 1. The van der Waals surface area contributed by atoms with Crippen molar-refractivity contribution in [2.24, 2.45) is 5.92 Å². The summed E-state index contributed by atoms with van der Waals surface area (Å²) in [5.41, 5.74) is 1.66. The number of anilines is 2. The summed E-state index contributed by atoms with van der Waals surface area (Å²) >= 11 is 0. The standard InChI is InChI=1S/C26H33N3O9S/c1-37-21-15-22(38-2)23(14-19(21)28-24(30)7-8-25(31)32)39(35,36)27-16-18-5-3-4-6-20(18)29-11-9-17(10-12-29)13-26(33)34/h3-6,14-15,17,27H,7-13,16H2,1-2H3,(H,28,30)(H,31,32)(H,33,34). The number of rotatable bonds is 13. The minimum atomic E-state index is -4.14. The minimum absolute atomic E-state index is 0.00308. The van der Waals surface area contributed by atoms with E-state index in [0.29, 0.717) is 13.1 Å². The highest BCUT2D eigenvalue weighted by atomic mass is 32.2. The monoisotopic (exact) mass is 563 g/mol. The molecule has 1 heterocycles. The summed E-state index contributed by atoms with van der Waals surface area (Å²) in [6, 6.07) is 9.93. The SMILES string of the molecule is COc1cc(OC)c(S(=O)(=O)NCc2ccccc2N2CCC(CC(=O)O)CC2)cc1NC(=O)CCC(=O)O. The second-order valence-electron chi connectivity index (χ2n) is 9.13. The van der Waals surface area contributed by atoms with Crippen LogP contribution in [0, 0.1) is 5.92 Å². The van der Waals surface area contributed by atoms with E-state index in [-0.39, 0.29) is 53.8 Å². The van der Waals surface area contributed by atoms with Crippen molar-refractivity contribution in [1.82, 2.24) is 4.72 Å². The van der Waals surface area contributed by atoms with E-state index in [1.807, 2.05) is 24.3 Å². The first-order chi connectivity index (χ1) is 18.5. The summed E-state index contributed by atoms with van der Waals surface area (Å²) in [5.74, 6) is -2.30. The molecule has 4 N–H and O–H groups in total. The number of amides is 1. The molecule has 2 aromatic rings. The highest BCUT2D eigenvalue weighted by molar-refractivity contribution is 7.89. The van der Waals surface area contributed by atoms with E-state index in [2.05, 4.69) is 14.9 Å². The van der Waals surface area contributed by atoms with Crippen molar-refractivity contribution < 1.29 is 42.5 Å². The lowest BCUT2D eigenvalue weighted by Gasteiger charge is -2.34. The molecular weight excluding hydrogens is 530 g/mol. The summed E-state index contributed by atoms with van der Waals surface area (Å²) in [6.45, 7) is 1.31. The van der Waals surface area contributed by atoms with E-state index in [1.54, 1.807) is 0 Å². The van der Waals surface area contributed by atoms with Crippen molar-refractivity contribution in [3.8, 4) is 11.5 Å². The molecule has 3 rings (SSSR count). The van der Waals surface area contributed by atoms with Gasteiger partial charge in [0.15, 0.2) is 0 Å². The molecular formula is C26H33N3O9S. The summed E-state index contributed by atoms with van der Waals surface area (Å²) in [5, 5.41) is 20.4. The van der Waals surface area contributed by atoms with Crippen LogP contribution in [0.15, 0.2) is 41.3 Å². The number of carboxylic acids is 2. The van der Waals surface area contributed by atoms with Crippen molar-refractivity contribution in [3.05, 3.63) is 42.0 Å². The second-order valence-corrected chi connectivity index (χ2v) is 10.9. The molecule has 212 valence electrons. The number of carbonyl (C=O) groups is 3. The summed E-state index contributed by atoms with van der Waals surface area (Å²) in [6.07, 6.45) is 0.927. The maximum absolute atomic E-state index is 13.4. The molecule has 0 aromatic heterocycles. The van der Waals surface area contributed by atoms with Crippen LogP contribution >= 0.6 is 0 Å². The van der Waals surface area contributed by atoms with Crippen LogP contribution in [-0.2, 0) is 31.0 Å². The molecule has 0 saturated carbocycles. The maximum atomic E-state index is 13.4. The Balaban J connectivity index is 1.79. The number of nitrogens with zero attached hydrogens (tertiary/aromatic N) is 1. The number of para-hydroxylation sites is 1. The first-order valence-electron chi connectivity index (χ1n) is 12.4. The molecule has 39 heavy (non-hydrogen) atoms. The normalized spacial score (nSPS) is 14.1. The Morgan fingerprint density at radius 1 is 0.974 bits per heavy atom. The lowest BCUT2D eigenvalue weighted by atomic mass is 9.93. The van der Waals surface area contributed by atoms with E-state index in [9.17, 15) is 22.8 Å². The lowest BCUT2D eigenvalue weighted by Crippen LogP contribution is -2.35. The maximum Gasteiger partial charge on any atom is 0.303 e. The van der Waals surface area contributed by atoms with Gasteiger partial charge < -0.3 is 29.9 Å². The number of ether oxygens (including phenoxy) is 2. The molecule has 1 aliphatic heterocycles. The number of hydrogen-bond acceptors (Lipinski definition) is 8. The van der Waals surface area contributed by atoms with E-state index in [4.69, 9.17) is 19.7 Å². The van der Waals surface area contributed by atoms with Crippen molar-refractivity contribution in [2.45, 2.75) is 43.5 Å². The number of sulfonamides is 1. The topological polar surface area (TPSA) is 172 Å². The molecule has 1 fully saturated rings. The highest BCUT2D eigenvalue weighted by Crippen LogP contribution is 2.36. The molecule has 0 atom stereocenters. The number of carboxylic acid groups (broad SMARTS) is 2. The van der Waals surface area contributed by atoms with Gasteiger partial charge in [-0.25, -0.2) is 13.1 Å². The van der Waals surface area contributed by atoms with Crippen LogP contribution in [-0.4, -0.2) is 63.8 Å². The third-order valence-electron chi connectivity index (χ3n) is 6.48. The van der Waals surface area contributed by atoms with Gasteiger partial charge in [-0.2, -0.15) is 0 Å². The molecule has 2 aromatic carbocycles. The predicted octanol–water partition coefficient (Wildman–Crippen LogP) is 2.68. The fourth-order valence-electron chi connectivity index (χ4n) is 4.45. The lowest BCUT2D eigenvalue weighted by molar-refractivity contribution is -0.139. The third kappa shape index (κ3) is 8.07. The van der Waals surface area contributed by atoms with Gasteiger partial charge in [-0.1, -0.05) is 18.2 Å². The Hall–Kier alpha value is -3.84. The number of nitrogens with one attached hydrogen (secondary N) is 2. The van der Waals surface area contributed by atoms with Crippen molar-refractivity contribution in [2.75, 3.05) is 37.5 Å². The van der Waals surface area contributed by atoms with Crippen molar-refractivity contribution in [1.29, 1.82) is 0 Å². The number of methoxy groups -OCH3 is 2. The smallest absolute Gasteiger partial charge is 0.303 e. The summed E-state index contributed by atoms with van der Waals surface area (Å²) < 4.78 is 39.9. The van der Waals surface area contributed by atoms with E-state index < -0.39 is 27.9 Å². The molecule has 12 nitrogen and oxygen atoms in total. The number of hydrogen-bond donors (Lipinski definition) is 4. The third-order valence-corrected chi connectivity index (χ3v) is 7.90.